The van der Waals surface area contributed by atoms with Crippen molar-refractivity contribution in [1.82, 2.24) is 10.6 Å². The van der Waals surface area contributed by atoms with Crippen LogP contribution in [0.25, 0.3) is 11.1 Å². The van der Waals surface area contributed by atoms with Gasteiger partial charge < -0.3 is 15.5 Å². The summed E-state index contributed by atoms with van der Waals surface area (Å²) in [6.07, 6.45) is 1.82. The maximum absolute atomic E-state index is 12.4. The van der Waals surface area contributed by atoms with Crippen LogP contribution in [0.3, 0.4) is 0 Å². The van der Waals surface area contributed by atoms with E-state index in [2.05, 4.69) is 46.0 Å². The smallest absolute Gasteiger partial charge is 0.237 e. The molecule has 3 unspecified atom stereocenters. The predicted molar refractivity (Wildman–Crippen MR) is 109 cm³/mol. The molecule has 1 aromatic heterocycles. The van der Waals surface area contributed by atoms with Crippen molar-refractivity contribution < 1.29 is 4.79 Å². The van der Waals surface area contributed by atoms with Crippen molar-refractivity contribution >= 4 is 22.9 Å². The van der Waals surface area contributed by atoms with E-state index in [1.807, 2.05) is 17.5 Å². The first-order chi connectivity index (χ1) is 13.1. The molecular weight excluding hydrogens is 356 g/mol. The van der Waals surface area contributed by atoms with Crippen LogP contribution in [0.1, 0.15) is 25.3 Å². The topological polar surface area (TPSA) is 68.2 Å². The Hall–Kier alpha value is -2.36. The molecule has 0 radical (unpaired) electrons. The standard InChI is InChI=1S/C21H24N4OS/c1-14-8-19(23-11-14)21(26)24-18-4-6-25(12-18)20-3-2-15(9-17(20)10-22)16-5-7-27-13-16/h2-3,5,7,9,13-14,18-19,23H,4,6,8,11-12H2,1H3,(H,24,26). The molecule has 2 aliphatic heterocycles. The summed E-state index contributed by atoms with van der Waals surface area (Å²) < 4.78 is 0. The zero-order valence-corrected chi connectivity index (χ0v) is 16.3. The van der Waals surface area contributed by atoms with E-state index in [-0.39, 0.29) is 18.0 Å². The zero-order valence-electron chi connectivity index (χ0n) is 15.4. The lowest BCUT2D eigenvalue weighted by Gasteiger charge is -2.21. The van der Waals surface area contributed by atoms with Crippen molar-refractivity contribution in [1.29, 1.82) is 5.26 Å². The van der Waals surface area contributed by atoms with Gasteiger partial charge in [-0.05, 0) is 65.4 Å². The SMILES string of the molecule is CC1CNC(C(=O)NC2CCN(c3ccc(-c4ccsc4)cc3C#N)C2)C1. The Balaban J connectivity index is 1.42. The van der Waals surface area contributed by atoms with Crippen molar-refractivity contribution in [2.45, 2.75) is 31.8 Å². The van der Waals surface area contributed by atoms with Crippen LogP contribution in [-0.2, 0) is 4.79 Å². The van der Waals surface area contributed by atoms with Crippen molar-refractivity contribution in [2.24, 2.45) is 5.92 Å². The fourth-order valence-corrected chi connectivity index (χ4v) is 4.69. The van der Waals surface area contributed by atoms with Gasteiger partial charge in [0.1, 0.15) is 6.07 Å². The van der Waals surface area contributed by atoms with Gasteiger partial charge in [-0.25, -0.2) is 0 Å². The second-order valence-electron chi connectivity index (χ2n) is 7.60. The summed E-state index contributed by atoms with van der Waals surface area (Å²) in [6.45, 7) is 4.68. The number of amides is 1. The highest BCUT2D eigenvalue weighted by Crippen LogP contribution is 2.30. The van der Waals surface area contributed by atoms with Crippen molar-refractivity contribution in [3.63, 3.8) is 0 Å². The number of carbonyl (C=O) groups excluding carboxylic acids is 1. The third-order valence-electron chi connectivity index (χ3n) is 5.51. The Morgan fingerprint density at radius 2 is 2.26 bits per heavy atom. The van der Waals surface area contributed by atoms with Gasteiger partial charge in [-0.2, -0.15) is 16.6 Å². The van der Waals surface area contributed by atoms with Gasteiger partial charge in [0.2, 0.25) is 5.91 Å². The molecule has 2 aliphatic rings. The summed E-state index contributed by atoms with van der Waals surface area (Å²) in [7, 11) is 0. The van der Waals surface area contributed by atoms with Crippen LogP contribution < -0.4 is 15.5 Å². The zero-order chi connectivity index (χ0) is 18.8. The van der Waals surface area contributed by atoms with Gasteiger partial charge in [0.05, 0.1) is 17.3 Å². The van der Waals surface area contributed by atoms with Crippen LogP contribution in [0.4, 0.5) is 5.69 Å². The number of anilines is 1. The maximum atomic E-state index is 12.4. The number of hydrogen-bond donors (Lipinski definition) is 2. The highest BCUT2D eigenvalue weighted by Gasteiger charge is 2.31. The summed E-state index contributed by atoms with van der Waals surface area (Å²) in [5, 5.41) is 20.2. The molecule has 3 heterocycles. The van der Waals surface area contributed by atoms with E-state index in [1.165, 1.54) is 0 Å². The van der Waals surface area contributed by atoms with E-state index in [1.54, 1.807) is 11.3 Å². The molecule has 3 atom stereocenters. The average Bonchev–Trinajstić information content (AvgIpc) is 3.43. The van der Waals surface area contributed by atoms with E-state index in [0.29, 0.717) is 11.5 Å². The van der Waals surface area contributed by atoms with E-state index >= 15 is 0 Å². The summed E-state index contributed by atoms with van der Waals surface area (Å²) in [5.74, 6) is 0.667. The molecule has 5 nitrogen and oxygen atoms in total. The number of nitrogens with zero attached hydrogens (tertiary/aromatic N) is 2. The summed E-state index contributed by atoms with van der Waals surface area (Å²) >= 11 is 1.66. The Morgan fingerprint density at radius 3 is 2.96 bits per heavy atom. The number of rotatable bonds is 4. The number of thiophene rings is 1. The van der Waals surface area contributed by atoms with E-state index in [4.69, 9.17) is 0 Å². The molecule has 6 heteroatoms. The lowest BCUT2D eigenvalue weighted by Crippen LogP contribution is -2.46. The molecule has 1 amide bonds. The van der Waals surface area contributed by atoms with Crippen molar-refractivity contribution in [3.05, 3.63) is 40.6 Å². The minimum atomic E-state index is -0.0615. The fraction of sp³-hybridized carbons (Fsp3) is 0.429. The molecule has 2 N–H and O–H groups in total. The first-order valence-corrected chi connectivity index (χ1v) is 10.4. The number of hydrogen-bond acceptors (Lipinski definition) is 5. The second kappa shape index (κ2) is 7.71. The first-order valence-electron chi connectivity index (χ1n) is 9.49. The molecule has 0 aliphatic carbocycles. The number of nitriles is 1. The Bertz CT molecular complexity index is 858. The number of carbonyl (C=O) groups is 1. The highest BCUT2D eigenvalue weighted by atomic mass is 32.1. The highest BCUT2D eigenvalue weighted by molar-refractivity contribution is 7.08. The van der Waals surface area contributed by atoms with E-state index in [0.717, 1.165) is 49.3 Å². The van der Waals surface area contributed by atoms with Gasteiger partial charge in [-0.15, -0.1) is 0 Å². The second-order valence-corrected chi connectivity index (χ2v) is 8.38. The average molecular weight is 381 g/mol. The molecule has 140 valence electrons. The van der Waals surface area contributed by atoms with Gasteiger partial charge in [0.25, 0.3) is 0 Å². The van der Waals surface area contributed by atoms with Gasteiger partial charge in [-0.3, -0.25) is 4.79 Å². The molecule has 1 aromatic carbocycles. The molecule has 0 spiro atoms. The van der Waals surface area contributed by atoms with Crippen molar-refractivity contribution in [3.8, 4) is 17.2 Å². The minimum absolute atomic E-state index is 0.0615. The Labute approximate surface area is 164 Å². The molecule has 27 heavy (non-hydrogen) atoms. The van der Waals surface area contributed by atoms with Gasteiger partial charge in [-0.1, -0.05) is 13.0 Å². The normalized spacial score (nSPS) is 24.7. The molecule has 0 saturated carbocycles. The maximum Gasteiger partial charge on any atom is 0.237 e. The van der Waals surface area contributed by atoms with Crippen LogP contribution in [0.15, 0.2) is 35.0 Å². The van der Waals surface area contributed by atoms with E-state index < -0.39 is 0 Å². The third kappa shape index (κ3) is 3.85. The summed E-state index contributed by atoms with van der Waals surface area (Å²) in [5.41, 5.74) is 3.87. The molecule has 2 fully saturated rings. The van der Waals surface area contributed by atoms with Gasteiger partial charge in [0.15, 0.2) is 0 Å². The van der Waals surface area contributed by atoms with Crippen molar-refractivity contribution in [2.75, 3.05) is 24.5 Å². The molecule has 4 rings (SSSR count). The molecule has 2 saturated heterocycles. The summed E-state index contributed by atoms with van der Waals surface area (Å²) in [4.78, 5) is 14.7. The number of nitrogens with one attached hydrogen (secondary N) is 2. The van der Waals surface area contributed by atoms with Crippen LogP contribution in [0, 0.1) is 17.2 Å². The fourth-order valence-electron chi connectivity index (χ4n) is 4.02. The lowest BCUT2D eigenvalue weighted by molar-refractivity contribution is -0.123. The third-order valence-corrected chi connectivity index (χ3v) is 6.20. The molecule has 0 bridgehead atoms. The number of benzene rings is 1. The van der Waals surface area contributed by atoms with Gasteiger partial charge in [0, 0.05) is 19.1 Å². The molecular formula is C21H24N4OS. The van der Waals surface area contributed by atoms with Crippen LogP contribution in [0.2, 0.25) is 0 Å². The molecule has 2 aromatic rings. The van der Waals surface area contributed by atoms with Crippen LogP contribution in [-0.4, -0.2) is 37.6 Å². The Morgan fingerprint density at radius 1 is 1.37 bits per heavy atom. The van der Waals surface area contributed by atoms with E-state index in [9.17, 15) is 10.1 Å². The quantitative estimate of drug-likeness (QED) is 0.856. The largest absolute Gasteiger partial charge is 0.368 e. The predicted octanol–water partition coefficient (Wildman–Crippen LogP) is 2.98. The van der Waals surface area contributed by atoms with Crippen LogP contribution in [0.5, 0.6) is 0 Å². The first kappa shape index (κ1) is 18.0. The monoisotopic (exact) mass is 380 g/mol. The summed E-state index contributed by atoms with van der Waals surface area (Å²) in [6, 6.07) is 10.6. The van der Waals surface area contributed by atoms with Crippen LogP contribution >= 0.6 is 11.3 Å². The minimum Gasteiger partial charge on any atom is -0.368 e. The van der Waals surface area contributed by atoms with Gasteiger partial charge >= 0.3 is 0 Å². The Kier molecular flexibility index (Phi) is 5.15. The lowest BCUT2D eigenvalue weighted by atomic mass is 10.0.